The van der Waals surface area contributed by atoms with Crippen molar-refractivity contribution in [2.24, 2.45) is 7.05 Å². The molecule has 5 rings (SSSR count). The summed E-state index contributed by atoms with van der Waals surface area (Å²) in [5, 5.41) is 15.5. The lowest BCUT2D eigenvalue weighted by atomic mass is 9.91. The monoisotopic (exact) mass is 489 g/mol. The molecule has 0 radical (unpaired) electrons. The number of benzene rings is 2. The van der Waals surface area contributed by atoms with E-state index in [0.29, 0.717) is 55.5 Å². The first kappa shape index (κ1) is 23.9. The van der Waals surface area contributed by atoms with Crippen molar-refractivity contribution in [2.75, 3.05) is 13.1 Å². The number of aryl methyl sites for hydroxylation is 2. The van der Waals surface area contributed by atoms with E-state index in [1.165, 1.54) is 21.6 Å². The summed E-state index contributed by atoms with van der Waals surface area (Å²) < 4.78 is 17.2. The molecule has 2 aromatic heterocycles. The Balaban J connectivity index is 1.28. The van der Waals surface area contributed by atoms with E-state index < -0.39 is 17.0 Å². The van der Waals surface area contributed by atoms with E-state index in [-0.39, 0.29) is 18.0 Å². The Hall–Kier alpha value is -3.85. The summed E-state index contributed by atoms with van der Waals surface area (Å²) in [5.41, 5.74) is 0.759. The number of amides is 1. The number of fused-ring (bicyclic) bond motifs is 1. The maximum absolute atomic E-state index is 14.4. The molecule has 36 heavy (non-hydrogen) atoms. The fourth-order valence-electron chi connectivity index (χ4n) is 4.86. The lowest BCUT2D eigenvalue weighted by Gasteiger charge is -2.38. The number of carbonyl (C=O) groups excluding carboxylic acids is 1. The predicted molar refractivity (Wildman–Crippen MR) is 134 cm³/mol. The van der Waals surface area contributed by atoms with E-state index in [2.05, 4.69) is 10.1 Å². The van der Waals surface area contributed by atoms with E-state index in [9.17, 15) is 19.1 Å². The van der Waals surface area contributed by atoms with Crippen molar-refractivity contribution >= 4 is 16.9 Å². The molecule has 0 spiro atoms. The van der Waals surface area contributed by atoms with E-state index >= 15 is 0 Å². The van der Waals surface area contributed by atoms with Gasteiger partial charge in [-0.05, 0) is 37.0 Å². The molecule has 1 aliphatic heterocycles. The van der Waals surface area contributed by atoms with Gasteiger partial charge in [0, 0.05) is 32.1 Å². The normalized spacial score (nSPS) is 15.4. The Bertz CT molecular complexity index is 1460. The second-order valence-electron chi connectivity index (χ2n) is 9.42. The molecule has 186 valence electrons. The molecule has 2 aromatic carbocycles. The molecule has 1 N–H and O–H groups in total. The van der Waals surface area contributed by atoms with Gasteiger partial charge in [-0.25, -0.2) is 9.37 Å². The molecule has 4 aromatic rings. The van der Waals surface area contributed by atoms with Crippen LogP contribution in [-0.4, -0.2) is 53.9 Å². The summed E-state index contributed by atoms with van der Waals surface area (Å²) in [6, 6.07) is 16.2. The van der Waals surface area contributed by atoms with Gasteiger partial charge in [-0.2, -0.15) is 5.10 Å². The number of aliphatic hydroxyl groups is 1. The summed E-state index contributed by atoms with van der Waals surface area (Å²) in [5.74, 6) is -0.358. The second-order valence-corrected chi connectivity index (χ2v) is 9.42. The van der Waals surface area contributed by atoms with Crippen LogP contribution in [0.1, 0.15) is 24.8 Å². The first-order valence-electron chi connectivity index (χ1n) is 12.1. The molecule has 1 aliphatic rings. The lowest BCUT2D eigenvalue weighted by Crippen LogP contribution is -2.49. The molecule has 0 aliphatic carbocycles. The summed E-state index contributed by atoms with van der Waals surface area (Å²) >= 11 is 0. The number of carbonyl (C=O) groups is 1. The molecule has 0 saturated carbocycles. The molecular formula is C27H28FN5O3. The Morgan fingerprint density at radius 2 is 1.75 bits per heavy atom. The molecular weight excluding hydrogens is 461 g/mol. The first-order valence-corrected chi connectivity index (χ1v) is 12.1. The van der Waals surface area contributed by atoms with Crippen LogP contribution in [0.5, 0.6) is 0 Å². The maximum atomic E-state index is 14.4. The number of likely N-dealkylation sites (tertiary alicyclic amines) is 1. The highest BCUT2D eigenvalue weighted by atomic mass is 19.1. The summed E-state index contributed by atoms with van der Waals surface area (Å²) in [7, 11) is 1.64. The van der Waals surface area contributed by atoms with Crippen LogP contribution in [0.25, 0.3) is 22.3 Å². The van der Waals surface area contributed by atoms with Crippen LogP contribution in [0.15, 0.2) is 65.7 Å². The number of piperidine rings is 1. The van der Waals surface area contributed by atoms with Crippen LogP contribution in [0.3, 0.4) is 0 Å². The maximum Gasteiger partial charge on any atom is 0.281 e. The molecule has 0 bridgehead atoms. The number of hydrogen-bond acceptors (Lipinski definition) is 5. The van der Waals surface area contributed by atoms with Crippen LogP contribution in [0.4, 0.5) is 4.39 Å². The Labute approximate surface area is 207 Å². The van der Waals surface area contributed by atoms with Gasteiger partial charge in [-0.15, -0.1) is 0 Å². The number of rotatable bonds is 6. The highest BCUT2D eigenvalue weighted by Crippen LogP contribution is 2.28. The molecule has 8 nitrogen and oxygen atoms in total. The standard InChI is InChI=1S/C27H28FN5O3/c1-31-25(20-9-5-6-10-21(20)28)23-24(30-31)26(35)33(18-29-23)17-27(36)13-15-32(16-14-27)22(34)12-11-19-7-3-2-4-8-19/h2-10,18,36H,11-17H2,1H3. The highest BCUT2D eigenvalue weighted by molar-refractivity contribution is 5.89. The Morgan fingerprint density at radius 1 is 1.06 bits per heavy atom. The van der Waals surface area contributed by atoms with Crippen molar-refractivity contribution in [3.8, 4) is 11.3 Å². The van der Waals surface area contributed by atoms with Crippen LogP contribution < -0.4 is 5.56 Å². The predicted octanol–water partition coefficient (Wildman–Crippen LogP) is 2.92. The largest absolute Gasteiger partial charge is 0.388 e. The molecule has 3 heterocycles. The minimum atomic E-state index is -1.14. The highest BCUT2D eigenvalue weighted by Gasteiger charge is 2.35. The van der Waals surface area contributed by atoms with Crippen molar-refractivity contribution in [3.05, 3.63) is 82.7 Å². The summed E-state index contributed by atoms with van der Waals surface area (Å²) in [4.78, 5) is 32.0. The van der Waals surface area contributed by atoms with Gasteiger partial charge >= 0.3 is 0 Å². The Morgan fingerprint density at radius 3 is 2.47 bits per heavy atom. The van der Waals surface area contributed by atoms with Gasteiger partial charge in [0.05, 0.1) is 24.2 Å². The number of hydrogen-bond donors (Lipinski definition) is 1. The fraction of sp³-hybridized carbons (Fsp3) is 0.333. The van der Waals surface area contributed by atoms with Gasteiger partial charge in [0.15, 0.2) is 5.52 Å². The SMILES string of the molecule is Cn1nc2c(=O)n(CC3(O)CCN(C(=O)CCc4ccccc4)CC3)cnc2c1-c1ccccc1F. The average Bonchev–Trinajstić information content (AvgIpc) is 3.22. The van der Waals surface area contributed by atoms with Crippen molar-refractivity contribution in [1.82, 2.24) is 24.2 Å². The zero-order valence-corrected chi connectivity index (χ0v) is 20.1. The topological polar surface area (TPSA) is 93.2 Å². The third-order valence-electron chi connectivity index (χ3n) is 6.92. The molecule has 0 unspecified atom stereocenters. The minimum absolute atomic E-state index is 0.0480. The summed E-state index contributed by atoms with van der Waals surface area (Å²) in [6.07, 6.45) is 3.20. The molecule has 1 fully saturated rings. The molecule has 1 amide bonds. The van der Waals surface area contributed by atoms with Gasteiger partial charge in [0.1, 0.15) is 11.3 Å². The number of halogens is 1. The average molecular weight is 490 g/mol. The van der Waals surface area contributed by atoms with Gasteiger partial charge in [0.25, 0.3) is 5.56 Å². The van der Waals surface area contributed by atoms with Gasteiger partial charge in [-0.1, -0.05) is 42.5 Å². The molecule has 0 atom stereocenters. The first-order chi connectivity index (χ1) is 17.3. The zero-order valence-electron chi connectivity index (χ0n) is 20.1. The van der Waals surface area contributed by atoms with E-state index in [1.54, 1.807) is 30.1 Å². The quantitative estimate of drug-likeness (QED) is 0.450. The lowest BCUT2D eigenvalue weighted by molar-refractivity contribution is -0.135. The van der Waals surface area contributed by atoms with Crippen molar-refractivity contribution in [1.29, 1.82) is 0 Å². The van der Waals surface area contributed by atoms with Crippen molar-refractivity contribution in [2.45, 2.75) is 37.8 Å². The van der Waals surface area contributed by atoms with E-state index in [0.717, 1.165) is 5.56 Å². The van der Waals surface area contributed by atoms with Crippen molar-refractivity contribution in [3.63, 3.8) is 0 Å². The smallest absolute Gasteiger partial charge is 0.281 e. The third kappa shape index (κ3) is 4.66. The Kier molecular flexibility index (Phi) is 6.40. The van der Waals surface area contributed by atoms with Crippen LogP contribution in [0.2, 0.25) is 0 Å². The van der Waals surface area contributed by atoms with Crippen molar-refractivity contribution < 1.29 is 14.3 Å². The molecule has 1 saturated heterocycles. The molecule has 9 heteroatoms. The summed E-state index contributed by atoms with van der Waals surface area (Å²) in [6.45, 7) is 0.900. The van der Waals surface area contributed by atoms with Crippen LogP contribution in [0, 0.1) is 5.82 Å². The third-order valence-corrected chi connectivity index (χ3v) is 6.92. The number of aromatic nitrogens is 4. The van der Waals surface area contributed by atoms with E-state index in [4.69, 9.17) is 0 Å². The van der Waals surface area contributed by atoms with Gasteiger partial charge in [-0.3, -0.25) is 18.8 Å². The van der Waals surface area contributed by atoms with Crippen LogP contribution >= 0.6 is 0 Å². The minimum Gasteiger partial charge on any atom is -0.388 e. The number of nitrogens with zero attached hydrogens (tertiary/aromatic N) is 5. The second kappa shape index (κ2) is 9.66. The van der Waals surface area contributed by atoms with Gasteiger partial charge < -0.3 is 10.0 Å². The fourth-order valence-corrected chi connectivity index (χ4v) is 4.86. The van der Waals surface area contributed by atoms with Crippen LogP contribution in [-0.2, 0) is 24.8 Å². The van der Waals surface area contributed by atoms with E-state index in [1.807, 2.05) is 30.3 Å². The van der Waals surface area contributed by atoms with Gasteiger partial charge in [0.2, 0.25) is 5.91 Å². The zero-order chi connectivity index (χ0) is 25.3.